The molecule has 0 radical (unpaired) electrons. The largest absolute Gasteiger partial charge is 0.396 e. The van der Waals surface area contributed by atoms with Crippen LogP contribution in [0.25, 0.3) is 5.69 Å². The van der Waals surface area contributed by atoms with Gasteiger partial charge in [-0.25, -0.2) is 4.68 Å². The predicted molar refractivity (Wildman–Crippen MR) is 93.5 cm³/mol. The fourth-order valence-corrected chi connectivity index (χ4v) is 3.09. The highest BCUT2D eigenvalue weighted by Gasteiger charge is 2.28. The van der Waals surface area contributed by atoms with Gasteiger partial charge in [0.05, 0.1) is 5.69 Å². The highest BCUT2D eigenvalue weighted by atomic mass is 16.3. The van der Waals surface area contributed by atoms with E-state index in [4.69, 9.17) is 0 Å². The minimum Gasteiger partial charge on any atom is -0.396 e. The number of fused-ring (bicyclic) bond motifs is 1. The van der Waals surface area contributed by atoms with Crippen LogP contribution in [0.15, 0.2) is 24.3 Å². The van der Waals surface area contributed by atoms with E-state index in [0.717, 1.165) is 36.2 Å². The van der Waals surface area contributed by atoms with Crippen LogP contribution in [0.2, 0.25) is 0 Å². The molecule has 0 spiro atoms. The molecule has 0 saturated heterocycles. The molecule has 2 atom stereocenters. The van der Waals surface area contributed by atoms with Crippen LogP contribution < -0.4 is 5.32 Å². The average Bonchev–Trinajstić information content (AvgIpc) is 3.17. The summed E-state index contributed by atoms with van der Waals surface area (Å²) in [6.07, 6.45) is 2.90. The van der Waals surface area contributed by atoms with Gasteiger partial charge in [-0.2, -0.15) is 5.10 Å². The molecule has 1 aromatic heterocycles. The Morgan fingerprint density at radius 3 is 2.67 bits per heavy atom. The van der Waals surface area contributed by atoms with Crippen molar-refractivity contribution in [2.24, 2.45) is 5.92 Å². The van der Waals surface area contributed by atoms with Gasteiger partial charge in [0, 0.05) is 23.9 Å². The van der Waals surface area contributed by atoms with E-state index in [9.17, 15) is 9.90 Å². The van der Waals surface area contributed by atoms with Gasteiger partial charge in [0.1, 0.15) is 0 Å². The number of aliphatic hydroxyl groups excluding tert-OH is 1. The van der Waals surface area contributed by atoms with Gasteiger partial charge in [-0.15, -0.1) is 0 Å². The number of nitrogens with one attached hydrogen (secondary N) is 1. The summed E-state index contributed by atoms with van der Waals surface area (Å²) in [4.78, 5) is 12.7. The molecule has 1 aromatic carbocycles. The first kappa shape index (κ1) is 16.7. The Morgan fingerprint density at radius 2 is 2.00 bits per heavy atom. The van der Waals surface area contributed by atoms with Crippen LogP contribution in [0.1, 0.15) is 47.6 Å². The van der Waals surface area contributed by atoms with Crippen molar-refractivity contribution in [3.63, 3.8) is 0 Å². The normalized spacial score (nSPS) is 15.8. The third-order valence-corrected chi connectivity index (χ3v) is 4.92. The van der Waals surface area contributed by atoms with Gasteiger partial charge in [-0.05, 0) is 51.2 Å². The van der Waals surface area contributed by atoms with Gasteiger partial charge in [0.2, 0.25) is 0 Å². The van der Waals surface area contributed by atoms with Crippen molar-refractivity contribution in [1.29, 1.82) is 0 Å². The van der Waals surface area contributed by atoms with Crippen molar-refractivity contribution in [2.45, 2.75) is 46.1 Å². The van der Waals surface area contributed by atoms with Crippen molar-refractivity contribution in [3.8, 4) is 5.69 Å². The van der Waals surface area contributed by atoms with Crippen LogP contribution in [0, 0.1) is 12.8 Å². The number of carbonyl (C=O) groups is 1. The zero-order valence-corrected chi connectivity index (χ0v) is 14.5. The van der Waals surface area contributed by atoms with Gasteiger partial charge >= 0.3 is 0 Å². The van der Waals surface area contributed by atoms with Gasteiger partial charge in [-0.1, -0.05) is 24.6 Å². The Morgan fingerprint density at radius 1 is 1.29 bits per heavy atom. The third kappa shape index (κ3) is 3.08. The molecule has 1 amide bonds. The SMILES string of the molecule is Cc1ccc(-n2nc(C(=O)NC(C)C(C)CO)c3c2CCC3)cc1. The summed E-state index contributed by atoms with van der Waals surface area (Å²) in [5.41, 5.74) is 4.94. The molecule has 2 unspecified atom stereocenters. The molecule has 0 aliphatic heterocycles. The highest BCUT2D eigenvalue weighted by molar-refractivity contribution is 5.94. The molecule has 5 nitrogen and oxygen atoms in total. The molecule has 1 heterocycles. The predicted octanol–water partition coefficient (Wildman–Crippen LogP) is 2.42. The molecule has 1 aliphatic rings. The Bertz CT molecular complexity index is 734. The summed E-state index contributed by atoms with van der Waals surface area (Å²) in [5, 5.41) is 16.8. The Hall–Kier alpha value is -2.14. The van der Waals surface area contributed by atoms with E-state index in [1.165, 1.54) is 5.56 Å². The second-order valence-electron chi connectivity index (χ2n) is 6.80. The van der Waals surface area contributed by atoms with Crippen LogP contribution in [-0.4, -0.2) is 33.4 Å². The lowest BCUT2D eigenvalue weighted by atomic mass is 10.0. The second-order valence-corrected chi connectivity index (χ2v) is 6.80. The van der Waals surface area contributed by atoms with Crippen molar-refractivity contribution in [3.05, 3.63) is 46.8 Å². The van der Waals surface area contributed by atoms with E-state index >= 15 is 0 Å². The van der Waals surface area contributed by atoms with E-state index in [2.05, 4.69) is 29.5 Å². The van der Waals surface area contributed by atoms with E-state index in [1.54, 1.807) is 0 Å². The van der Waals surface area contributed by atoms with Gasteiger partial charge in [-0.3, -0.25) is 4.79 Å². The maximum absolute atomic E-state index is 12.7. The second kappa shape index (κ2) is 6.77. The molecule has 1 aliphatic carbocycles. The number of aromatic nitrogens is 2. The highest BCUT2D eigenvalue weighted by Crippen LogP contribution is 2.28. The summed E-state index contributed by atoms with van der Waals surface area (Å²) in [7, 11) is 0. The van der Waals surface area contributed by atoms with Crippen LogP contribution in [0.3, 0.4) is 0 Å². The van der Waals surface area contributed by atoms with Crippen LogP contribution >= 0.6 is 0 Å². The molecular formula is C19H25N3O2. The van der Waals surface area contributed by atoms with Gasteiger partial charge in [0.25, 0.3) is 5.91 Å². The standard InChI is InChI=1S/C19H25N3O2/c1-12-7-9-15(10-8-12)22-17-6-4-5-16(17)18(21-22)19(24)20-14(3)13(2)11-23/h7-10,13-14,23H,4-6,11H2,1-3H3,(H,20,24). The van der Waals surface area contributed by atoms with Crippen molar-refractivity contribution in [2.75, 3.05) is 6.61 Å². The lowest BCUT2D eigenvalue weighted by Crippen LogP contribution is -2.38. The number of hydrogen-bond acceptors (Lipinski definition) is 3. The number of hydrogen-bond donors (Lipinski definition) is 2. The molecule has 0 bridgehead atoms. The number of benzene rings is 1. The Labute approximate surface area is 142 Å². The summed E-state index contributed by atoms with van der Waals surface area (Å²) in [6.45, 7) is 5.94. The average molecular weight is 327 g/mol. The monoisotopic (exact) mass is 327 g/mol. The molecule has 3 rings (SSSR count). The molecular weight excluding hydrogens is 302 g/mol. The maximum atomic E-state index is 12.7. The molecule has 0 fully saturated rings. The van der Waals surface area contributed by atoms with Crippen molar-refractivity contribution < 1.29 is 9.90 Å². The van der Waals surface area contributed by atoms with Crippen LogP contribution in [-0.2, 0) is 12.8 Å². The molecule has 2 N–H and O–H groups in total. The number of rotatable bonds is 5. The number of amides is 1. The van der Waals surface area contributed by atoms with Gasteiger partial charge in [0.15, 0.2) is 5.69 Å². The minimum atomic E-state index is -0.146. The van der Waals surface area contributed by atoms with E-state index in [1.807, 2.05) is 30.7 Å². The third-order valence-electron chi connectivity index (χ3n) is 4.92. The fourth-order valence-electron chi connectivity index (χ4n) is 3.09. The van der Waals surface area contributed by atoms with Crippen molar-refractivity contribution >= 4 is 5.91 Å². The summed E-state index contributed by atoms with van der Waals surface area (Å²) in [6, 6.07) is 8.11. The lowest BCUT2D eigenvalue weighted by molar-refractivity contribution is 0.0910. The molecule has 2 aromatic rings. The minimum absolute atomic E-state index is 0.0150. The maximum Gasteiger partial charge on any atom is 0.272 e. The smallest absolute Gasteiger partial charge is 0.272 e. The lowest BCUT2D eigenvalue weighted by Gasteiger charge is -2.18. The fraction of sp³-hybridized carbons (Fsp3) is 0.474. The van der Waals surface area contributed by atoms with Gasteiger partial charge < -0.3 is 10.4 Å². The number of aryl methyl sites for hydroxylation is 1. The summed E-state index contributed by atoms with van der Waals surface area (Å²) in [5.74, 6) is -0.131. The zero-order chi connectivity index (χ0) is 17.3. The molecule has 0 saturated carbocycles. The first-order chi connectivity index (χ1) is 11.5. The van der Waals surface area contributed by atoms with Crippen LogP contribution in [0.4, 0.5) is 0 Å². The first-order valence-electron chi connectivity index (χ1n) is 8.60. The number of carbonyl (C=O) groups excluding carboxylic acids is 1. The van der Waals surface area contributed by atoms with E-state index in [-0.39, 0.29) is 24.5 Å². The summed E-state index contributed by atoms with van der Waals surface area (Å²) >= 11 is 0. The first-order valence-corrected chi connectivity index (χ1v) is 8.60. The number of nitrogens with zero attached hydrogens (tertiary/aromatic N) is 2. The summed E-state index contributed by atoms with van der Waals surface area (Å²) < 4.78 is 1.91. The molecule has 128 valence electrons. The van der Waals surface area contributed by atoms with E-state index in [0.29, 0.717) is 5.69 Å². The van der Waals surface area contributed by atoms with Crippen LogP contribution in [0.5, 0.6) is 0 Å². The quantitative estimate of drug-likeness (QED) is 0.886. The Kier molecular flexibility index (Phi) is 4.71. The molecule has 24 heavy (non-hydrogen) atoms. The molecule has 5 heteroatoms. The zero-order valence-electron chi connectivity index (χ0n) is 14.5. The number of aliphatic hydroxyl groups is 1. The topological polar surface area (TPSA) is 67.2 Å². The van der Waals surface area contributed by atoms with E-state index < -0.39 is 0 Å². The van der Waals surface area contributed by atoms with Crippen molar-refractivity contribution in [1.82, 2.24) is 15.1 Å². The Balaban J connectivity index is 1.91.